The van der Waals surface area contributed by atoms with E-state index in [4.69, 9.17) is 4.74 Å². The average Bonchev–Trinajstić information content (AvgIpc) is 3.17. The summed E-state index contributed by atoms with van der Waals surface area (Å²) in [5, 5.41) is 7.20. The second-order valence-electron chi connectivity index (χ2n) is 6.10. The van der Waals surface area contributed by atoms with Crippen molar-refractivity contribution in [1.29, 1.82) is 0 Å². The Morgan fingerprint density at radius 3 is 2.60 bits per heavy atom. The van der Waals surface area contributed by atoms with Gasteiger partial charge in [-0.3, -0.25) is 10.1 Å². The molecule has 0 aliphatic carbocycles. The van der Waals surface area contributed by atoms with E-state index in [1.165, 1.54) is 0 Å². The van der Waals surface area contributed by atoms with Crippen LogP contribution in [-0.4, -0.2) is 26.8 Å². The van der Waals surface area contributed by atoms with Gasteiger partial charge in [0.15, 0.2) is 11.9 Å². The smallest absolute Gasteiger partial charge is 0.268 e. The Morgan fingerprint density at radius 2 is 1.84 bits per heavy atom. The van der Waals surface area contributed by atoms with E-state index in [0.717, 1.165) is 16.9 Å². The highest BCUT2D eigenvalue weighted by Crippen LogP contribution is 2.37. The molecule has 2 heterocycles. The van der Waals surface area contributed by atoms with E-state index in [9.17, 15) is 4.79 Å². The number of benzene rings is 2. The second-order valence-corrected chi connectivity index (χ2v) is 6.10. The number of amides is 1. The maximum absolute atomic E-state index is 12.7. The van der Waals surface area contributed by atoms with Gasteiger partial charge >= 0.3 is 0 Å². The van der Waals surface area contributed by atoms with Gasteiger partial charge in [-0.15, -0.1) is 5.10 Å². The van der Waals surface area contributed by atoms with Gasteiger partial charge in [0.05, 0.1) is 0 Å². The number of rotatable bonds is 3. The molecule has 6 heteroatoms. The minimum absolute atomic E-state index is 0.0157. The number of nitrogens with one attached hydrogen (secondary N) is 1. The summed E-state index contributed by atoms with van der Waals surface area (Å²) >= 11 is 0. The first-order chi connectivity index (χ1) is 12.1. The van der Waals surface area contributed by atoms with Crippen molar-refractivity contribution in [2.24, 2.45) is 7.05 Å². The topological polar surface area (TPSA) is 69.0 Å². The van der Waals surface area contributed by atoms with Crippen LogP contribution in [0.25, 0.3) is 11.4 Å². The number of aromatic nitrogens is 3. The van der Waals surface area contributed by atoms with E-state index in [1.807, 2.05) is 61.5 Å². The van der Waals surface area contributed by atoms with E-state index in [1.54, 1.807) is 11.7 Å². The number of hydrogen-bond acceptors (Lipinski definition) is 4. The minimum Gasteiger partial charge on any atom is -0.480 e. The number of carbonyl (C=O) groups is 1. The molecular formula is C19H18N4O2. The molecule has 126 valence electrons. The molecule has 0 saturated carbocycles. The van der Waals surface area contributed by atoms with Crippen LogP contribution >= 0.6 is 0 Å². The van der Waals surface area contributed by atoms with Gasteiger partial charge in [0.2, 0.25) is 5.95 Å². The minimum atomic E-state index is -0.575. The average molecular weight is 334 g/mol. The Labute approximate surface area is 145 Å². The molecule has 3 aromatic rings. The Hall–Kier alpha value is -3.15. The van der Waals surface area contributed by atoms with Crippen molar-refractivity contribution in [2.45, 2.75) is 18.9 Å². The number of carbonyl (C=O) groups excluding carboxylic acids is 1. The normalized spacial score (nSPS) is 18.5. The number of ether oxygens (including phenoxy) is 1. The van der Waals surface area contributed by atoms with Gasteiger partial charge in [0.25, 0.3) is 5.91 Å². The molecule has 0 bridgehead atoms. The Bertz CT molecular complexity index is 920. The number of hydrogen-bond donors (Lipinski definition) is 1. The zero-order chi connectivity index (χ0) is 17.4. The van der Waals surface area contributed by atoms with Crippen LogP contribution in [-0.2, 0) is 11.8 Å². The van der Waals surface area contributed by atoms with E-state index in [0.29, 0.717) is 11.8 Å². The van der Waals surface area contributed by atoms with Gasteiger partial charge in [-0.2, -0.15) is 4.98 Å². The zero-order valence-electron chi connectivity index (χ0n) is 14.0. The molecule has 1 aliphatic heterocycles. The fourth-order valence-corrected chi connectivity index (χ4v) is 3.03. The highest BCUT2D eigenvalue weighted by Gasteiger charge is 2.36. The first-order valence-electron chi connectivity index (χ1n) is 8.16. The van der Waals surface area contributed by atoms with Crippen LogP contribution in [0.5, 0.6) is 5.75 Å². The first kappa shape index (κ1) is 15.4. The predicted molar refractivity (Wildman–Crippen MR) is 94.3 cm³/mol. The Balaban J connectivity index is 1.54. The lowest BCUT2D eigenvalue weighted by Crippen LogP contribution is -2.34. The monoisotopic (exact) mass is 334 g/mol. The maximum atomic E-state index is 12.7. The lowest BCUT2D eigenvalue weighted by molar-refractivity contribution is -0.122. The van der Waals surface area contributed by atoms with E-state index in [-0.39, 0.29) is 11.8 Å². The summed E-state index contributed by atoms with van der Waals surface area (Å²) in [7, 11) is 1.75. The zero-order valence-corrected chi connectivity index (χ0v) is 14.0. The summed E-state index contributed by atoms with van der Waals surface area (Å²) in [6, 6.07) is 17.4. The Morgan fingerprint density at radius 1 is 1.12 bits per heavy atom. The third kappa shape index (κ3) is 2.76. The van der Waals surface area contributed by atoms with Crippen molar-refractivity contribution in [3.63, 3.8) is 0 Å². The van der Waals surface area contributed by atoms with Gasteiger partial charge in [-0.05, 0) is 6.07 Å². The molecule has 4 rings (SSSR count). The van der Waals surface area contributed by atoms with Crippen LogP contribution in [0.15, 0.2) is 54.6 Å². The number of nitrogens with zero attached hydrogens (tertiary/aromatic N) is 3. The third-order valence-corrected chi connectivity index (χ3v) is 4.41. The first-order valence-corrected chi connectivity index (χ1v) is 8.16. The van der Waals surface area contributed by atoms with Crippen LogP contribution in [0.3, 0.4) is 0 Å². The molecule has 1 N–H and O–H groups in total. The van der Waals surface area contributed by atoms with Crippen LogP contribution in [0, 0.1) is 0 Å². The highest BCUT2D eigenvalue weighted by molar-refractivity contribution is 5.94. The Kier molecular flexibility index (Phi) is 3.72. The summed E-state index contributed by atoms with van der Waals surface area (Å²) in [5.74, 6) is 1.49. The molecule has 1 amide bonds. The molecule has 2 aromatic carbocycles. The molecule has 1 aromatic heterocycles. The summed E-state index contributed by atoms with van der Waals surface area (Å²) in [6.07, 6.45) is -0.575. The number of para-hydroxylation sites is 1. The highest BCUT2D eigenvalue weighted by atomic mass is 16.5. The lowest BCUT2D eigenvalue weighted by Gasteiger charge is -2.14. The summed E-state index contributed by atoms with van der Waals surface area (Å²) in [4.78, 5) is 17.1. The standard InChI is InChI=1S/C19H18N4O2/c1-12-14-10-6-7-11-15(14)25-16(12)18(24)21-19-20-17(22-23(19)2)13-8-4-3-5-9-13/h3-12,16H,1-2H3,(H,20,21,22,24)/t12-,16-/m0/s1. The summed E-state index contributed by atoms with van der Waals surface area (Å²) in [5.41, 5.74) is 1.95. The molecule has 0 saturated heterocycles. The molecule has 0 unspecified atom stereocenters. The molecule has 0 spiro atoms. The van der Waals surface area contributed by atoms with Crippen LogP contribution in [0.2, 0.25) is 0 Å². The van der Waals surface area contributed by atoms with Gasteiger partial charge < -0.3 is 4.74 Å². The summed E-state index contributed by atoms with van der Waals surface area (Å²) < 4.78 is 7.38. The maximum Gasteiger partial charge on any atom is 0.268 e. The molecule has 25 heavy (non-hydrogen) atoms. The van der Waals surface area contributed by atoms with Gasteiger partial charge in [-0.25, -0.2) is 4.68 Å². The van der Waals surface area contributed by atoms with E-state index >= 15 is 0 Å². The molecule has 1 aliphatic rings. The van der Waals surface area contributed by atoms with Gasteiger partial charge in [0, 0.05) is 24.1 Å². The fourth-order valence-electron chi connectivity index (χ4n) is 3.03. The van der Waals surface area contributed by atoms with Crippen molar-refractivity contribution < 1.29 is 9.53 Å². The van der Waals surface area contributed by atoms with Crippen molar-refractivity contribution in [3.05, 3.63) is 60.2 Å². The molecular weight excluding hydrogens is 316 g/mol. The van der Waals surface area contributed by atoms with Crippen molar-refractivity contribution in [2.75, 3.05) is 5.32 Å². The van der Waals surface area contributed by atoms with E-state index in [2.05, 4.69) is 15.4 Å². The number of aryl methyl sites for hydroxylation is 1. The number of anilines is 1. The van der Waals surface area contributed by atoms with E-state index < -0.39 is 6.10 Å². The largest absolute Gasteiger partial charge is 0.480 e. The predicted octanol–water partition coefficient (Wildman–Crippen LogP) is 2.99. The van der Waals surface area contributed by atoms with Gasteiger partial charge in [-0.1, -0.05) is 55.5 Å². The third-order valence-electron chi connectivity index (χ3n) is 4.41. The summed E-state index contributed by atoms with van der Waals surface area (Å²) in [6.45, 7) is 1.99. The molecule has 0 radical (unpaired) electrons. The second kappa shape index (κ2) is 6.05. The SMILES string of the molecule is C[C@H]1c2ccccc2O[C@@H]1C(=O)Nc1nc(-c2ccccc2)nn1C. The number of fused-ring (bicyclic) bond motifs is 1. The van der Waals surface area contributed by atoms with Crippen LogP contribution in [0.4, 0.5) is 5.95 Å². The molecule has 0 fully saturated rings. The molecule has 6 nitrogen and oxygen atoms in total. The van der Waals surface area contributed by atoms with Crippen LogP contribution in [0.1, 0.15) is 18.4 Å². The lowest BCUT2D eigenvalue weighted by atomic mass is 9.97. The van der Waals surface area contributed by atoms with Crippen molar-refractivity contribution >= 4 is 11.9 Å². The fraction of sp³-hybridized carbons (Fsp3) is 0.211. The molecule has 2 atom stereocenters. The van der Waals surface area contributed by atoms with Crippen molar-refractivity contribution in [3.8, 4) is 17.1 Å². The van der Waals surface area contributed by atoms with Crippen molar-refractivity contribution in [1.82, 2.24) is 14.8 Å². The quantitative estimate of drug-likeness (QED) is 0.799. The van der Waals surface area contributed by atoms with Gasteiger partial charge in [0.1, 0.15) is 5.75 Å². The van der Waals surface area contributed by atoms with Crippen LogP contribution < -0.4 is 10.1 Å².